The van der Waals surface area contributed by atoms with Crippen LogP contribution in [0.15, 0.2) is 53.4 Å². The maximum atomic E-state index is 12.7. The first-order chi connectivity index (χ1) is 14.2. The summed E-state index contributed by atoms with van der Waals surface area (Å²) in [5.74, 6) is -1.38. The molecule has 8 nitrogen and oxygen atoms in total. The lowest BCUT2D eigenvalue weighted by Gasteiger charge is -2.18. The number of sulfonamides is 2. The minimum Gasteiger partial charge on any atom is -0.372 e. The molecule has 1 atom stereocenters. The quantitative estimate of drug-likeness (QED) is 0.752. The molecule has 4 rings (SSSR count). The smallest absolute Gasteiger partial charge is 0.261 e. The second-order valence-electron chi connectivity index (χ2n) is 7.62. The average molecular weight is 450 g/mol. The van der Waals surface area contributed by atoms with Gasteiger partial charge in [-0.15, -0.1) is 0 Å². The lowest BCUT2D eigenvalue weighted by atomic mass is 10.2. The number of amides is 1. The molecule has 30 heavy (non-hydrogen) atoms. The van der Waals surface area contributed by atoms with Crippen LogP contribution in [0.1, 0.15) is 19.8 Å². The molecule has 2 aromatic carbocycles. The molecule has 2 heterocycles. The van der Waals surface area contributed by atoms with Crippen molar-refractivity contribution in [3.63, 3.8) is 0 Å². The predicted octanol–water partition coefficient (Wildman–Crippen LogP) is 2.40. The van der Waals surface area contributed by atoms with Crippen molar-refractivity contribution in [3.05, 3.63) is 48.5 Å². The Labute approximate surface area is 176 Å². The minimum atomic E-state index is -3.86. The largest absolute Gasteiger partial charge is 0.372 e. The number of carbonyl (C=O) groups excluding carboxylic acids is 1. The summed E-state index contributed by atoms with van der Waals surface area (Å²) in [7, 11) is -7.59. The molecule has 1 N–H and O–H groups in total. The Bertz CT molecular complexity index is 1150. The van der Waals surface area contributed by atoms with E-state index in [0.717, 1.165) is 35.9 Å². The zero-order valence-corrected chi connectivity index (χ0v) is 18.1. The number of nitrogens with zero attached hydrogens (tertiary/aromatic N) is 2. The molecular weight excluding hydrogens is 426 g/mol. The molecule has 160 valence electrons. The van der Waals surface area contributed by atoms with Gasteiger partial charge < -0.3 is 4.90 Å². The van der Waals surface area contributed by atoms with Crippen LogP contribution in [-0.2, 0) is 24.8 Å². The van der Waals surface area contributed by atoms with E-state index in [1.807, 2.05) is 12.1 Å². The molecule has 0 radical (unpaired) electrons. The van der Waals surface area contributed by atoms with E-state index in [9.17, 15) is 21.6 Å². The monoisotopic (exact) mass is 449 g/mol. The molecule has 0 spiro atoms. The van der Waals surface area contributed by atoms with Gasteiger partial charge in [-0.25, -0.2) is 21.1 Å². The van der Waals surface area contributed by atoms with Gasteiger partial charge in [0.25, 0.3) is 10.0 Å². The maximum Gasteiger partial charge on any atom is 0.261 e. The number of hydrogen-bond acceptors (Lipinski definition) is 6. The molecule has 0 bridgehead atoms. The Balaban J connectivity index is 1.51. The fourth-order valence-electron chi connectivity index (χ4n) is 3.78. The summed E-state index contributed by atoms with van der Waals surface area (Å²) in [5.41, 5.74) is 1.64. The van der Waals surface area contributed by atoms with Gasteiger partial charge in [0, 0.05) is 24.5 Å². The van der Waals surface area contributed by atoms with Crippen LogP contribution in [-0.4, -0.2) is 41.6 Å². The Morgan fingerprint density at radius 1 is 0.933 bits per heavy atom. The van der Waals surface area contributed by atoms with E-state index in [2.05, 4.69) is 9.62 Å². The van der Waals surface area contributed by atoms with Crippen LogP contribution >= 0.6 is 0 Å². The zero-order valence-electron chi connectivity index (χ0n) is 16.5. The third-order valence-electron chi connectivity index (χ3n) is 5.33. The first-order valence-electron chi connectivity index (χ1n) is 9.72. The Morgan fingerprint density at radius 3 is 2.03 bits per heavy atom. The fraction of sp³-hybridized carbons (Fsp3) is 0.350. The maximum absolute atomic E-state index is 12.7. The van der Waals surface area contributed by atoms with Gasteiger partial charge in [-0.05, 0) is 61.4 Å². The third-order valence-corrected chi connectivity index (χ3v) is 8.60. The average Bonchev–Trinajstić information content (AvgIpc) is 3.29. The topological polar surface area (TPSA) is 104 Å². The van der Waals surface area contributed by atoms with E-state index < -0.39 is 31.9 Å². The van der Waals surface area contributed by atoms with Crippen LogP contribution < -0.4 is 13.9 Å². The highest BCUT2D eigenvalue weighted by Gasteiger charge is 2.42. The summed E-state index contributed by atoms with van der Waals surface area (Å²) in [4.78, 5) is 14.4. The SMILES string of the molecule is C[C@H]1CS(=O)(=O)N(c2ccc(S(=O)(=O)Nc3ccc(N4CCCC4)cc3)cc2)C1=O. The molecule has 2 fully saturated rings. The van der Waals surface area contributed by atoms with Crippen molar-refractivity contribution in [1.29, 1.82) is 0 Å². The highest BCUT2D eigenvalue weighted by atomic mass is 32.2. The summed E-state index contributed by atoms with van der Waals surface area (Å²) < 4.78 is 53.1. The van der Waals surface area contributed by atoms with Crippen molar-refractivity contribution < 1.29 is 21.6 Å². The zero-order chi connectivity index (χ0) is 21.5. The van der Waals surface area contributed by atoms with E-state index in [-0.39, 0.29) is 16.3 Å². The lowest BCUT2D eigenvalue weighted by Crippen LogP contribution is -2.30. The number of carbonyl (C=O) groups is 1. The van der Waals surface area contributed by atoms with Crippen molar-refractivity contribution in [1.82, 2.24) is 0 Å². The molecule has 1 amide bonds. The predicted molar refractivity (Wildman–Crippen MR) is 116 cm³/mol. The Kier molecular flexibility index (Phi) is 5.23. The van der Waals surface area contributed by atoms with E-state index >= 15 is 0 Å². The van der Waals surface area contributed by atoms with Crippen LogP contribution in [0.2, 0.25) is 0 Å². The van der Waals surface area contributed by atoms with Crippen LogP contribution in [0.3, 0.4) is 0 Å². The number of rotatable bonds is 5. The molecular formula is C20H23N3O5S2. The van der Waals surface area contributed by atoms with Crippen molar-refractivity contribution >= 4 is 43.0 Å². The van der Waals surface area contributed by atoms with Gasteiger partial charge in [0.15, 0.2) is 0 Å². The van der Waals surface area contributed by atoms with E-state index in [0.29, 0.717) is 5.69 Å². The summed E-state index contributed by atoms with van der Waals surface area (Å²) in [6.07, 6.45) is 2.32. The number of anilines is 3. The van der Waals surface area contributed by atoms with Crippen molar-refractivity contribution in [2.45, 2.75) is 24.7 Å². The molecule has 0 aliphatic carbocycles. The number of benzene rings is 2. The lowest BCUT2D eigenvalue weighted by molar-refractivity contribution is -0.119. The summed E-state index contributed by atoms with van der Waals surface area (Å²) in [6.45, 7) is 3.56. The van der Waals surface area contributed by atoms with Gasteiger partial charge in [-0.3, -0.25) is 9.52 Å². The molecule has 2 saturated heterocycles. The van der Waals surface area contributed by atoms with Gasteiger partial charge in [-0.2, -0.15) is 0 Å². The standard InChI is InChI=1S/C20H23N3O5S2/c1-15-14-29(25,26)23(20(15)24)18-8-10-19(11-9-18)30(27,28)21-16-4-6-17(7-5-16)22-12-2-3-13-22/h4-11,15,21H,2-3,12-14H2,1H3/t15-/m0/s1. The number of hydrogen-bond donors (Lipinski definition) is 1. The molecule has 10 heteroatoms. The van der Waals surface area contributed by atoms with E-state index in [1.165, 1.54) is 24.3 Å². The summed E-state index contributed by atoms with van der Waals surface area (Å²) >= 11 is 0. The van der Waals surface area contributed by atoms with Crippen molar-refractivity contribution in [2.75, 3.05) is 32.8 Å². The molecule has 2 aliphatic rings. The third kappa shape index (κ3) is 3.89. The number of nitrogens with one attached hydrogen (secondary N) is 1. The second kappa shape index (κ2) is 7.59. The first kappa shape index (κ1) is 20.7. The normalized spacial score (nSPS) is 21.2. The van der Waals surface area contributed by atoms with E-state index in [4.69, 9.17) is 0 Å². The van der Waals surface area contributed by atoms with Gasteiger partial charge >= 0.3 is 0 Å². The molecule has 0 saturated carbocycles. The van der Waals surface area contributed by atoms with Gasteiger partial charge in [-0.1, -0.05) is 6.92 Å². The van der Waals surface area contributed by atoms with E-state index in [1.54, 1.807) is 19.1 Å². The van der Waals surface area contributed by atoms with Gasteiger partial charge in [0.1, 0.15) is 0 Å². The minimum absolute atomic E-state index is 0.0213. The van der Waals surface area contributed by atoms with Crippen LogP contribution in [0.4, 0.5) is 17.1 Å². The first-order valence-corrected chi connectivity index (χ1v) is 12.8. The van der Waals surface area contributed by atoms with Crippen molar-refractivity contribution in [3.8, 4) is 0 Å². The Morgan fingerprint density at radius 2 is 1.50 bits per heavy atom. The summed E-state index contributed by atoms with van der Waals surface area (Å²) in [5, 5.41) is 0. The van der Waals surface area contributed by atoms with Crippen LogP contribution in [0.5, 0.6) is 0 Å². The second-order valence-corrected chi connectivity index (χ2v) is 11.2. The summed E-state index contributed by atoms with van der Waals surface area (Å²) in [6, 6.07) is 12.5. The highest BCUT2D eigenvalue weighted by Crippen LogP contribution is 2.29. The Hall–Kier alpha value is -2.59. The highest BCUT2D eigenvalue weighted by molar-refractivity contribution is 7.94. The molecule has 0 unspecified atom stereocenters. The van der Waals surface area contributed by atoms with Crippen LogP contribution in [0, 0.1) is 5.92 Å². The van der Waals surface area contributed by atoms with Gasteiger partial charge in [0.2, 0.25) is 15.9 Å². The molecule has 0 aromatic heterocycles. The van der Waals surface area contributed by atoms with Crippen molar-refractivity contribution in [2.24, 2.45) is 5.92 Å². The molecule has 2 aliphatic heterocycles. The fourth-order valence-corrected chi connectivity index (χ4v) is 6.66. The van der Waals surface area contributed by atoms with Gasteiger partial charge in [0.05, 0.1) is 22.3 Å². The molecule has 2 aromatic rings. The van der Waals surface area contributed by atoms with Crippen LogP contribution in [0.25, 0.3) is 0 Å².